The van der Waals surface area contributed by atoms with Crippen molar-refractivity contribution in [2.75, 3.05) is 10.6 Å². The van der Waals surface area contributed by atoms with Crippen molar-refractivity contribution in [1.29, 1.82) is 0 Å². The molecule has 0 aliphatic heterocycles. The molecule has 8 heteroatoms. The predicted molar refractivity (Wildman–Crippen MR) is 109 cm³/mol. The zero-order valence-electron chi connectivity index (χ0n) is 15.9. The van der Waals surface area contributed by atoms with E-state index in [0.29, 0.717) is 28.9 Å². The van der Waals surface area contributed by atoms with Crippen LogP contribution in [0.5, 0.6) is 0 Å². The number of nitrogens with zero attached hydrogens (tertiary/aromatic N) is 4. The highest BCUT2D eigenvalue weighted by Crippen LogP contribution is 2.24. The van der Waals surface area contributed by atoms with Gasteiger partial charge in [0.1, 0.15) is 0 Å². The summed E-state index contributed by atoms with van der Waals surface area (Å²) in [6.07, 6.45) is 1.25. The van der Waals surface area contributed by atoms with Gasteiger partial charge in [-0.15, -0.1) is 0 Å². The van der Waals surface area contributed by atoms with E-state index in [9.17, 15) is 5.11 Å². The van der Waals surface area contributed by atoms with Crippen LogP contribution >= 0.6 is 11.6 Å². The third-order valence-electron chi connectivity index (χ3n) is 4.41. The van der Waals surface area contributed by atoms with Gasteiger partial charge in [0.2, 0.25) is 5.95 Å². The fraction of sp³-hybridized carbons (Fsp3) is 0.421. The number of benzene rings is 1. The zero-order chi connectivity index (χ0) is 19.6. The molecular weight excluding hydrogens is 364 g/mol. The molecule has 3 N–H and O–H groups in total. The maximum absolute atomic E-state index is 9.78. The number of halogens is 1. The van der Waals surface area contributed by atoms with Crippen molar-refractivity contribution >= 4 is 34.5 Å². The predicted octanol–water partition coefficient (Wildman–Crippen LogP) is 3.85. The molecule has 0 fully saturated rings. The van der Waals surface area contributed by atoms with Crippen LogP contribution in [-0.2, 0) is 6.54 Å². The van der Waals surface area contributed by atoms with Crippen LogP contribution in [0.3, 0.4) is 0 Å². The Bertz CT molecular complexity index is 924. The van der Waals surface area contributed by atoms with Crippen molar-refractivity contribution in [3.8, 4) is 0 Å². The quantitative estimate of drug-likeness (QED) is 0.569. The van der Waals surface area contributed by atoms with Crippen molar-refractivity contribution in [3.63, 3.8) is 0 Å². The average molecular weight is 389 g/mol. The topological polar surface area (TPSA) is 87.9 Å². The lowest BCUT2D eigenvalue weighted by Gasteiger charge is -2.18. The molecule has 0 saturated heterocycles. The highest BCUT2D eigenvalue weighted by atomic mass is 35.5. The summed E-state index contributed by atoms with van der Waals surface area (Å²) in [5.74, 6) is 1.09. The van der Waals surface area contributed by atoms with Gasteiger partial charge in [0.05, 0.1) is 18.5 Å². The molecule has 0 spiro atoms. The minimum Gasteiger partial charge on any atom is -0.391 e. The van der Waals surface area contributed by atoms with Crippen molar-refractivity contribution in [2.45, 2.75) is 52.4 Å². The van der Waals surface area contributed by atoms with Crippen LogP contribution in [-0.4, -0.2) is 36.8 Å². The number of hydrogen-bond donors (Lipinski definition) is 3. The van der Waals surface area contributed by atoms with Gasteiger partial charge in [-0.1, -0.05) is 23.7 Å². The number of imidazole rings is 1. The molecular formula is C19H25ClN6O. The molecule has 3 aromatic rings. The maximum atomic E-state index is 9.78. The molecule has 2 heterocycles. The van der Waals surface area contributed by atoms with Gasteiger partial charge < -0.3 is 20.3 Å². The Labute approximate surface area is 163 Å². The van der Waals surface area contributed by atoms with Gasteiger partial charge in [0, 0.05) is 17.6 Å². The summed E-state index contributed by atoms with van der Waals surface area (Å²) in [4.78, 5) is 13.7. The molecule has 0 bridgehead atoms. The number of nitrogens with one attached hydrogen (secondary N) is 2. The van der Waals surface area contributed by atoms with Gasteiger partial charge in [-0.05, 0) is 45.4 Å². The molecule has 27 heavy (non-hydrogen) atoms. The van der Waals surface area contributed by atoms with Gasteiger partial charge >= 0.3 is 0 Å². The Morgan fingerprint density at radius 3 is 2.63 bits per heavy atom. The lowest BCUT2D eigenvalue weighted by molar-refractivity contribution is 0.177. The third-order valence-corrected chi connectivity index (χ3v) is 4.64. The lowest BCUT2D eigenvalue weighted by Crippen LogP contribution is -2.29. The minimum absolute atomic E-state index is 0.182. The molecule has 2 aromatic heterocycles. The summed E-state index contributed by atoms with van der Waals surface area (Å²) in [5, 5.41) is 17.0. The average Bonchev–Trinajstić information content (AvgIpc) is 3.04. The van der Waals surface area contributed by atoms with E-state index in [-0.39, 0.29) is 12.1 Å². The van der Waals surface area contributed by atoms with Crippen LogP contribution in [0, 0.1) is 0 Å². The second-order valence-corrected chi connectivity index (χ2v) is 7.41. The Morgan fingerprint density at radius 2 is 1.96 bits per heavy atom. The number of hydrogen-bond acceptors (Lipinski definition) is 6. The Hall–Kier alpha value is -2.38. The molecule has 0 aliphatic carbocycles. The monoisotopic (exact) mass is 388 g/mol. The molecule has 7 nitrogen and oxygen atoms in total. The van der Waals surface area contributed by atoms with Gasteiger partial charge in [-0.3, -0.25) is 0 Å². The van der Waals surface area contributed by atoms with Crippen LogP contribution in [0.2, 0.25) is 5.02 Å². The van der Waals surface area contributed by atoms with E-state index in [0.717, 1.165) is 11.2 Å². The lowest BCUT2D eigenvalue weighted by atomic mass is 10.2. The highest BCUT2D eigenvalue weighted by Gasteiger charge is 2.17. The summed E-state index contributed by atoms with van der Waals surface area (Å²) in [6, 6.07) is 7.70. The Morgan fingerprint density at radius 1 is 1.19 bits per heavy atom. The van der Waals surface area contributed by atoms with Crippen molar-refractivity contribution < 1.29 is 5.11 Å². The fourth-order valence-electron chi connectivity index (χ4n) is 2.64. The van der Waals surface area contributed by atoms with Crippen molar-refractivity contribution in [2.24, 2.45) is 0 Å². The van der Waals surface area contributed by atoms with Gasteiger partial charge in [0.15, 0.2) is 17.0 Å². The number of aliphatic hydroxyl groups is 1. The van der Waals surface area contributed by atoms with Crippen LogP contribution in [0.1, 0.15) is 39.3 Å². The van der Waals surface area contributed by atoms with Crippen LogP contribution in [0.15, 0.2) is 30.6 Å². The number of rotatable bonds is 7. The van der Waals surface area contributed by atoms with Gasteiger partial charge in [-0.25, -0.2) is 4.98 Å². The SMILES string of the molecule is CC(C)n1cnc2c(NCc3cccc(Cl)c3)nc(N[C@@H](C)[C@@H](C)O)nc21. The van der Waals surface area contributed by atoms with E-state index in [1.165, 1.54) is 0 Å². The normalized spacial score (nSPS) is 13.7. The van der Waals surface area contributed by atoms with Crippen molar-refractivity contribution in [1.82, 2.24) is 19.5 Å². The summed E-state index contributed by atoms with van der Waals surface area (Å²) in [6.45, 7) is 8.33. The smallest absolute Gasteiger partial charge is 0.227 e. The molecule has 144 valence electrons. The van der Waals surface area contributed by atoms with E-state index in [4.69, 9.17) is 11.6 Å². The first-order valence-corrected chi connectivity index (χ1v) is 9.40. The van der Waals surface area contributed by atoms with Crippen LogP contribution in [0.25, 0.3) is 11.2 Å². The second kappa shape index (κ2) is 8.10. The Kier molecular flexibility index (Phi) is 5.82. The molecule has 0 saturated carbocycles. The van der Waals surface area contributed by atoms with Crippen LogP contribution < -0.4 is 10.6 Å². The zero-order valence-corrected chi connectivity index (χ0v) is 16.7. The van der Waals surface area contributed by atoms with E-state index < -0.39 is 6.10 Å². The molecule has 0 radical (unpaired) electrons. The first kappa shape index (κ1) is 19.4. The molecule has 0 amide bonds. The van der Waals surface area contributed by atoms with Crippen LogP contribution in [0.4, 0.5) is 11.8 Å². The number of fused-ring (bicyclic) bond motifs is 1. The molecule has 0 unspecified atom stereocenters. The summed E-state index contributed by atoms with van der Waals surface area (Å²) >= 11 is 6.07. The van der Waals surface area contributed by atoms with Crippen molar-refractivity contribution in [3.05, 3.63) is 41.2 Å². The second-order valence-electron chi connectivity index (χ2n) is 6.97. The summed E-state index contributed by atoms with van der Waals surface area (Å²) in [5.41, 5.74) is 2.50. The summed E-state index contributed by atoms with van der Waals surface area (Å²) in [7, 11) is 0. The number of aliphatic hydroxyl groups excluding tert-OH is 1. The van der Waals surface area contributed by atoms with Gasteiger partial charge in [-0.2, -0.15) is 9.97 Å². The minimum atomic E-state index is -0.526. The summed E-state index contributed by atoms with van der Waals surface area (Å²) < 4.78 is 2.00. The largest absolute Gasteiger partial charge is 0.391 e. The first-order chi connectivity index (χ1) is 12.8. The van der Waals surface area contributed by atoms with E-state index in [2.05, 4.69) is 39.4 Å². The standard InChI is InChI=1S/C19H25ClN6O/c1-11(2)26-10-22-16-17(21-9-14-6-5-7-15(20)8-14)24-19(25-18(16)26)23-12(3)13(4)27/h5-8,10-13,27H,9H2,1-4H3,(H2,21,23,24,25)/t12-,13+/m0/s1. The maximum Gasteiger partial charge on any atom is 0.227 e. The Balaban J connectivity index is 1.96. The van der Waals surface area contributed by atoms with E-state index in [1.54, 1.807) is 13.3 Å². The molecule has 3 rings (SSSR count). The molecule has 1 aromatic carbocycles. The van der Waals surface area contributed by atoms with E-state index >= 15 is 0 Å². The number of aromatic nitrogens is 4. The molecule has 0 aliphatic rings. The fourth-order valence-corrected chi connectivity index (χ4v) is 2.85. The third kappa shape index (κ3) is 4.48. The molecule has 2 atom stereocenters. The first-order valence-electron chi connectivity index (χ1n) is 9.02. The van der Waals surface area contributed by atoms with Gasteiger partial charge in [0.25, 0.3) is 0 Å². The highest BCUT2D eigenvalue weighted by molar-refractivity contribution is 6.30. The van der Waals surface area contributed by atoms with E-state index in [1.807, 2.05) is 35.8 Å². The number of anilines is 2.